The van der Waals surface area contributed by atoms with Crippen LogP contribution in [0.15, 0.2) is 57.4 Å². The number of nitrogens with zero attached hydrogens (tertiary/aromatic N) is 2. The SMILES string of the molecule is Cc1n[nH]c(C)c1Sc1nc(-c2cc[nH]c(=O)c2)c(-c2ccc(F)cc2)[nH]1. The van der Waals surface area contributed by atoms with Crippen molar-refractivity contribution in [3.8, 4) is 22.5 Å². The van der Waals surface area contributed by atoms with Crippen molar-refractivity contribution in [3.05, 3.63) is 70.2 Å². The topological polar surface area (TPSA) is 90.2 Å². The summed E-state index contributed by atoms with van der Waals surface area (Å²) in [7, 11) is 0. The number of imidazole rings is 1. The Labute approximate surface area is 158 Å². The maximum atomic E-state index is 13.3. The minimum absolute atomic E-state index is 0.212. The van der Waals surface area contributed by atoms with Crippen LogP contribution in [0.25, 0.3) is 22.5 Å². The molecule has 8 heteroatoms. The molecule has 4 rings (SSSR count). The molecule has 0 spiro atoms. The number of H-pyrrole nitrogens is 3. The second kappa shape index (κ2) is 6.88. The molecule has 3 N–H and O–H groups in total. The lowest BCUT2D eigenvalue weighted by molar-refractivity contribution is 0.628. The second-order valence-corrected chi connectivity index (χ2v) is 7.08. The zero-order chi connectivity index (χ0) is 19.0. The van der Waals surface area contributed by atoms with Crippen molar-refractivity contribution < 1.29 is 4.39 Å². The quantitative estimate of drug-likeness (QED) is 0.497. The molecule has 0 saturated heterocycles. The van der Waals surface area contributed by atoms with Gasteiger partial charge in [-0.1, -0.05) is 0 Å². The average molecular weight is 381 g/mol. The van der Waals surface area contributed by atoms with E-state index < -0.39 is 0 Å². The number of benzene rings is 1. The first-order valence-electron chi connectivity index (χ1n) is 8.26. The van der Waals surface area contributed by atoms with Gasteiger partial charge in [-0.3, -0.25) is 9.89 Å². The molecule has 3 aromatic heterocycles. The Morgan fingerprint density at radius 1 is 1.07 bits per heavy atom. The smallest absolute Gasteiger partial charge is 0.248 e. The number of aryl methyl sites for hydroxylation is 2. The average Bonchev–Trinajstić information content (AvgIpc) is 3.21. The van der Waals surface area contributed by atoms with E-state index in [0.29, 0.717) is 16.4 Å². The van der Waals surface area contributed by atoms with Crippen LogP contribution in [0, 0.1) is 19.7 Å². The predicted octanol–water partition coefficient (Wildman–Crippen LogP) is 4.06. The number of aromatic amines is 3. The Bertz CT molecular complexity index is 1140. The zero-order valence-corrected chi connectivity index (χ0v) is 15.4. The van der Waals surface area contributed by atoms with Crippen LogP contribution in [-0.2, 0) is 0 Å². The minimum atomic E-state index is -0.310. The molecule has 0 atom stereocenters. The maximum absolute atomic E-state index is 13.3. The number of nitrogens with one attached hydrogen (secondary N) is 3. The summed E-state index contributed by atoms with van der Waals surface area (Å²) < 4.78 is 13.3. The molecule has 0 radical (unpaired) electrons. The molecule has 1 aromatic carbocycles. The highest BCUT2D eigenvalue weighted by Gasteiger charge is 2.17. The Morgan fingerprint density at radius 3 is 2.52 bits per heavy atom. The van der Waals surface area contributed by atoms with Gasteiger partial charge in [0, 0.05) is 29.1 Å². The Hall–Kier alpha value is -3.13. The van der Waals surface area contributed by atoms with Gasteiger partial charge in [-0.05, 0) is 55.9 Å². The van der Waals surface area contributed by atoms with Gasteiger partial charge in [-0.2, -0.15) is 5.10 Å². The van der Waals surface area contributed by atoms with E-state index in [1.807, 2.05) is 13.8 Å². The van der Waals surface area contributed by atoms with Crippen LogP contribution in [-0.4, -0.2) is 25.1 Å². The molecule has 0 aliphatic heterocycles. The van der Waals surface area contributed by atoms with Crippen LogP contribution in [0.4, 0.5) is 4.39 Å². The molecule has 0 saturated carbocycles. The number of hydrogen-bond acceptors (Lipinski definition) is 4. The summed E-state index contributed by atoms with van der Waals surface area (Å²) in [6, 6.07) is 9.44. The van der Waals surface area contributed by atoms with E-state index in [1.54, 1.807) is 24.4 Å². The molecule has 0 amide bonds. The van der Waals surface area contributed by atoms with Crippen molar-refractivity contribution in [2.75, 3.05) is 0 Å². The fraction of sp³-hybridized carbons (Fsp3) is 0.105. The summed E-state index contributed by atoms with van der Waals surface area (Å²) in [6.07, 6.45) is 1.58. The van der Waals surface area contributed by atoms with Crippen LogP contribution in [0.1, 0.15) is 11.4 Å². The van der Waals surface area contributed by atoms with E-state index in [1.165, 1.54) is 30.0 Å². The molecule has 27 heavy (non-hydrogen) atoms. The first-order valence-corrected chi connectivity index (χ1v) is 9.07. The largest absolute Gasteiger partial charge is 0.332 e. The Balaban J connectivity index is 1.84. The van der Waals surface area contributed by atoms with E-state index in [0.717, 1.165) is 27.5 Å². The first-order chi connectivity index (χ1) is 13.0. The van der Waals surface area contributed by atoms with Gasteiger partial charge in [0.2, 0.25) is 5.56 Å². The van der Waals surface area contributed by atoms with Crippen LogP contribution in [0.5, 0.6) is 0 Å². The maximum Gasteiger partial charge on any atom is 0.248 e. The summed E-state index contributed by atoms with van der Waals surface area (Å²) in [6.45, 7) is 3.87. The lowest BCUT2D eigenvalue weighted by Gasteiger charge is -2.02. The van der Waals surface area contributed by atoms with Crippen molar-refractivity contribution in [2.24, 2.45) is 0 Å². The summed E-state index contributed by atoms with van der Waals surface area (Å²) in [5, 5.41) is 7.82. The van der Waals surface area contributed by atoms with Gasteiger partial charge in [0.05, 0.1) is 22.0 Å². The van der Waals surface area contributed by atoms with Crippen LogP contribution >= 0.6 is 11.8 Å². The zero-order valence-electron chi connectivity index (χ0n) is 14.6. The number of rotatable bonds is 4. The van der Waals surface area contributed by atoms with Crippen molar-refractivity contribution >= 4 is 11.8 Å². The first kappa shape index (κ1) is 17.3. The van der Waals surface area contributed by atoms with Crippen molar-refractivity contribution in [2.45, 2.75) is 23.9 Å². The highest BCUT2D eigenvalue weighted by atomic mass is 32.2. The van der Waals surface area contributed by atoms with Gasteiger partial charge in [-0.25, -0.2) is 9.37 Å². The predicted molar refractivity (Wildman–Crippen MR) is 102 cm³/mol. The second-order valence-electron chi connectivity index (χ2n) is 6.08. The van der Waals surface area contributed by atoms with Crippen LogP contribution < -0.4 is 5.56 Å². The molecule has 136 valence electrons. The van der Waals surface area contributed by atoms with E-state index >= 15 is 0 Å². The summed E-state index contributed by atoms with van der Waals surface area (Å²) in [4.78, 5) is 23.3. The molecule has 3 heterocycles. The van der Waals surface area contributed by atoms with Crippen molar-refractivity contribution in [1.29, 1.82) is 0 Å². The Kier molecular flexibility index (Phi) is 4.41. The number of pyridine rings is 1. The fourth-order valence-corrected chi connectivity index (χ4v) is 3.69. The molecular weight excluding hydrogens is 365 g/mol. The molecule has 0 aliphatic carbocycles. The summed E-state index contributed by atoms with van der Waals surface area (Å²) >= 11 is 1.46. The number of halogens is 1. The molecule has 0 bridgehead atoms. The van der Waals surface area contributed by atoms with Gasteiger partial charge in [0.25, 0.3) is 0 Å². The van der Waals surface area contributed by atoms with E-state index in [4.69, 9.17) is 4.98 Å². The van der Waals surface area contributed by atoms with E-state index in [-0.39, 0.29) is 11.4 Å². The summed E-state index contributed by atoms with van der Waals surface area (Å²) in [5.74, 6) is -0.310. The number of aromatic nitrogens is 5. The van der Waals surface area contributed by atoms with Gasteiger partial charge in [0.1, 0.15) is 5.82 Å². The van der Waals surface area contributed by atoms with Gasteiger partial charge in [0.15, 0.2) is 5.16 Å². The van der Waals surface area contributed by atoms with Crippen LogP contribution in [0.3, 0.4) is 0 Å². The fourth-order valence-electron chi connectivity index (χ4n) is 2.81. The third-order valence-corrected chi connectivity index (χ3v) is 5.32. The van der Waals surface area contributed by atoms with E-state index in [9.17, 15) is 9.18 Å². The summed E-state index contributed by atoms with van der Waals surface area (Å²) in [5.41, 5.74) is 4.45. The molecule has 0 fully saturated rings. The van der Waals surface area contributed by atoms with Gasteiger partial charge < -0.3 is 9.97 Å². The highest BCUT2D eigenvalue weighted by molar-refractivity contribution is 7.99. The molecule has 0 unspecified atom stereocenters. The minimum Gasteiger partial charge on any atom is -0.332 e. The standard InChI is InChI=1S/C19H16FN5OS/c1-10-18(11(2)25-24-10)27-19-22-16(12-3-5-14(20)6-4-12)17(23-19)13-7-8-21-15(26)9-13/h3-9H,1-2H3,(H,21,26)(H,22,23)(H,24,25). The monoisotopic (exact) mass is 381 g/mol. The number of hydrogen-bond donors (Lipinski definition) is 3. The van der Waals surface area contributed by atoms with Gasteiger partial charge >= 0.3 is 0 Å². The van der Waals surface area contributed by atoms with Crippen LogP contribution in [0.2, 0.25) is 0 Å². The normalized spacial score (nSPS) is 11.1. The highest BCUT2D eigenvalue weighted by Crippen LogP contribution is 2.36. The molecular formula is C19H16FN5OS. The molecule has 6 nitrogen and oxygen atoms in total. The molecule has 0 aliphatic rings. The third kappa shape index (κ3) is 3.43. The Morgan fingerprint density at radius 2 is 1.85 bits per heavy atom. The van der Waals surface area contributed by atoms with Crippen molar-refractivity contribution in [3.63, 3.8) is 0 Å². The lowest BCUT2D eigenvalue weighted by atomic mass is 10.1. The lowest BCUT2D eigenvalue weighted by Crippen LogP contribution is -2.02. The van der Waals surface area contributed by atoms with Crippen molar-refractivity contribution in [1.82, 2.24) is 25.1 Å². The van der Waals surface area contributed by atoms with Gasteiger partial charge in [-0.15, -0.1) is 0 Å². The molecule has 4 aromatic rings. The third-order valence-electron chi connectivity index (χ3n) is 4.12. The van der Waals surface area contributed by atoms with E-state index in [2.05, 4.69) is 20.2 Å².